The molecule has 3 rings (SSSR count). The van der Waals surface area contributed by atoms with Crippen LogP contribution in [0.4, 0.5) is 4.39 Å². The fourth-order valence-corrected chi connectivity index (χ4v) is 2.44. The Morgan fingerprint density at radius 2 is 2.20 bits per heavy atom. The van der Waals surface area contributed by atoms with Gasteiger partial charge in [0.1, 0.15) is 5.76 Å². The van der Waals surface area contributed by atoms with Crippen molar-refractivity contribution in [2.24, 2.45) is 7.05 Å². The maximum absolute atomic E-state index is 13.7. The van der Waals surface area contributed by atoms with Crippen molar-refractivity contribution in [1.29, 1.82) is 0 Å². The van der Waals surface area contributed by atoms with Crippen molar-refractivity contribution >= 4 is 11.0 Å². The van der Waals surface area contributed by atoms with Crippen molar-refractivity contribution in [3.63, 3.8) is 0 Å². The number of furan rings is 1. The number of benzene rings is 1. The molecule has 2 heterocycles. The second kappa shape index (κ2) is 4.76. The first-order valence-electron chi connectivity index (χ1n) is 6.45. The molecule has 0 radical (unpaired) electrons. The van der Waals surface area contributed by atoms with Crippen molar-refractivity contribution < 1.29 is 8.81 Å². The molecule has 4 nitrogen and oxygen atoms in total. The average Bonchev–Trinajstić information content (AvgIpc) is 2.99. The highest BCUT2D eigenvalue weighted by molar-refractivity contribution is 5.78. The highest BCUT2D eigenvalue weighted by atomic mass is 19.1. The molecule has 0 amide bonds. The minimum Gasteiger partial charge on any atom is -0.456 e. The quantitative estimate of drug-likeness (QED) is 0.798. The normalized spacial score (nSPS) is 13.0. The Labute approximate surface area is 116 Å². The number of fused-ring (bicyclic) bond motifs is 1. The van der Waals surface area contributed by atoms with Crippen LogP contribution in [0.25, 0.3) is 11.0 Å². The van der Waals surface area contributed by atoms with Gasteiger partial charge in [-0.2, -0.15) is 5.10 Å². The van der Waals surface area contributed by atoms with Crippen LogP contribution in [-0.2, 0) is 7.05 Å². The van der Waals surface area contributed by atoms with E-state index >= 15 is 0 Å². The summed E-state index contributed by atoms with van der Waals surface area (Å²) in [6.07, 6.45) is 1.81. The minimum absolute atomic E-state index is 0.143. The van der Waals surface area contributed by atoms with Crippen LogP contribution in [0.3, 0.4) is 0 Å². The fraction of sp³-hybridized carbons (Fsp3) is 0.267. The lowest BCUT2D eigenvalue weighted by molar-refractivity contribution is 0.475. The van der Waals surface area contributed by atoms with Crippen LogP contribution in [0, 0.1) is 12.7 Å². The van der Waals surface area contributed by atoms with E-state index in [9.17, 15) is 4.39 Å². The summed E-state index contributed by atoms with van der Waals surface area (Å²) in [6.45, 7) is 2.00. The Bertz CT molecular complexity index is 760. The summed E-state index contributed by atoms with van der Waals surface area (Å²) in [7, 11) is 3.74. The van der Waals surface area contributed by atoms with Crippen molar-refractivity contribution in [3.05, 3.63) is 53.3 Å². The Hall–Kier alpha value is -2.14. The van der Waals surface area contributed by atoms with Crippen LogP contribution in [0.2, 0.25) is 0 Å². The Balaban J connectivity index is 2.12. The van der Waals surface area contributed by atoms with Crippen molar-refractivity contribution in [1.82, 2.24) is 15.1 Å². The van der Waals surface area contributed by atoms with E-state index in [4.69, 9.17) is 4.42 Å². The van der Waals surface area contributed by atoms with E-state index in [1.165, 1.54) is 6.07 Å². The molecular weight excluding hydrogens is 257 g/mol. The molecule has 20 heavy (non-hydrogen) atoms. The second-order valence-corrected chi connectivity index (χ2v) is 4.84. The first-order valence-corrected chi connectivity index (χ1v) is 6.45. The predicted molar refractivity (Wildman–Crippen MR) is 75.0 cm³/mol. The van der Waals surface area contributed by atoms with E-state index in [0.29, 0.717) is 11.3 Å². The molecule has 1 atom stereocenters. The van der Waals surface area contributed by atoms with Crippen LogP contribution < -0.4 is 5.32 Å². The van der Waals surface area contributed by atoms with Crippen molar-refractivity contribution in [2.45, 2.75) is 13.0 Å². The maximum Gasteiger partial charge on any atom is 0.169 e. The van der Waals surface area contributed by atoms with E-state index in [0.717, 1.165) is 16.6 Å². The van der Waals surface area contributed by atoms with Crippen molar-refractivity contribution in [3.8, 4) is 0 Å². The second-order valence-electron chi connectivity index (χ2n) is 4.84. The van der Waals surface area contributed by atoms with Gasteiger partial charge in [-0.05, 0) is 26.1 Å². The Kier molecular flexibility index (Phi) is 3.06. The topological polar surface area (TPSA) is 43.0 Å². The van der Waals surface area contributed by atoms with E-state index < -0.39 is 0 Å². The third-order valence-electron chi connectivity index (χ3n) is 3.67. The maximum atomic E-state index is 13.7. The number of halogens is 1. The number of nitrogens with zero attached hydrogens (tertiary/aromatic N) is 2. The number of hydrogen-bond donors (Lipinski definition) is 1. The minimum atomic E-state index is -0.341. The van der Waals surface area contributed by atoms with Gasteiger partial charge in [-0.25, -0.2) is 4.39 Å². The number of aryl methyl sites for hydroxylation is 1. The lowest BCUT2D eigenvalue weighted by Gasteiger charge is -2.13. The molecule has 0 bridgehead atoms. The molecule has 0 spiro atoms. The average molecular weight is 273 g/mol. The van der Waals surface area contributed by atoms with Gasteiger partial charge in [0.25, 0.3) is 0 Å². The smallest absolute Gasteiger partial charge is 0.169 e. The molecule has 1 aromatic carbocycles. The van der Waals surface area contributed by atoms with Crippen LogP contribution >= 0.6 is 0 Å². The van der Waals surface area contributed by atoms with Gasteiger partial charge in [0.2, 0.25) is 0 Å². The van der Waals surface area contributed by atoms with Gasteiger partial charge >= 0.3 is 0 Å². The molecule has 1 unspecified atom stereocenters. The molecule has 5 heteroatoms. The van der Waals surface area contributed by atoms with Crippen LogP contribution in [-0.4, -0.2) is 16.8 Å². The molecule has 1 N–H and O–H groups in total. The largest absolute Gasteiger partial charge is 0.456 e. The standard InChI is InChI=1S/C15H16FN3O/c1-9-11(8-18-19(9)3)14(17-2)13-7-10-5-4-6-12(16)15(10)20-13/h4-8,14,17H,1-3H3. The highest BCUT2D eigenvalue weighted by Gasteiger charge is 2.21. The van der Waals surface area contributed by atoms with Gasteiger partial charge in [0, 0.05) is 23.7 Å². The Morgan fingerprint density at radius 1 is 1.40 bits per heavy atom. The lowest BCUT2D eigenvalue weighted by atomic mass is 10.1. The van der Waals surface area contributed by atoms with E-state index in [1.807, 2.05) is 37.8 Å². The third-order valence-corrected chi connectivity index (χ3v) is 3.67. The van der Waals surface area contributed by atoms with Crippen LogP contribution in [0.1, 0.15) is 23.1 Å². The highest BCUT2D eigenvalue weighted by Crippen LogP contribution is 2.30. The molecule has 3 aromatic rings. The first-order chi connectivity index (χ1) is 9.61. The predicted octanol–water partition coefficient (Wildman–Crippen LogP) is 2.92. The molecular formula is C15H16FN3O. The first kappa shape index (κ1) is 12.9. The summed E-state index contributed by atoms with van der Waals surface area (Å²) in [6, 6.07) is 6.65. The molecule has 104 valence electrons. The number of para-hydroxylation sites is 1. The molecule has 2 aromatic heterocycles. The zero-order valence-electron chi connectivity index (χ0n) is 11.6. The molecule has 0 saturated carbocycles. The zero-order chi connectivity index (χ0) is 14.3. The molecule has 0 aliphatic carbocycles. The van der Waals surface area contributed by atoms with Gasteiger partial charge in [-0.1, -0.05) is 12.1 Å². The number of nitrogens with one attached hydrogen (secondary N) is 1. The number of rotatable bonds is 3. The summed E-state index contributed by atoms with van der Waals surface area (Å²) >= 11 is 0. The SMILES string of the molecule is CNC(c1cc2cccc(F)c2o1)c1cnn(C)c1C. The van der Waals surface area contributed by atoms with Gasteiger partial charge in [0.05, 0.1) is 12.2 Å². The zero-order valence-corrected chi connectivity index (χ0v) is 11.6. The summed E-state index contributed by atoms with van der Waals surface area (Å²) in [5.74, 6) is 0.343. The van der Waals surface area contributed by atoms with Crippen LogP contribution in [0.5, 0.6) is 0 Å². The lowest BCUT2D eigenvalue weighted by Crippen LogP contribution is -2.17. The summed E-state index contributed by atoms with van der Waals surface area (Å²) in [5, 5.41) is 8.21. The number of aromatic nitrogens is 2. The van der Waals surface area contributed by atoms with Gasteiger partial charge < -0.3 is 9.73 Å². The van der Waals surface area contributed by atoms with Gasteiger partial charge in [-0.3, -0.25) is 4.68 Å². The summed E-state index contributed by atoms with van der Waals surface area (Å²) in [4.78, 5) is 0. The Morgan fingerprint density at radius 3 is 2.80 bits per heavy atom. The number of hydrogen-bond acceptors (Lipinski definition) is 3. The van der Waals surface area contributed by atoms with E-state index in [2.05, 4.69) is 10.4 Å². The summed E-state index contributed by atoms with van der Waals surface area (Å²) < 4.78 is 21.2. The molecule has 0 fully saturated rings. The van der Waals surface area contributed by atoms with Crippen molar-refractivity contribution in [2.75, 3.05) is 7.05 Å². The molecule has 0 aliphatic heterocycles. The molecule has 0 aliphatic rings. The van der Waals surface area contributed by atoms with E-state index in [1.54, 1.807) is 12.3 Å². The summed E-state index contributed by atoms with van der Waals surface area (Å²) in [5.41, 5.74) is 2.36. The monoisotopic (exact) mass is 273 g/mol. The molecule has 0 saturated heterocycles. The van der Waals surface area contributed by atoms with Gasteiger partial charge in [-0.15, -0.1) is 0 Å². The fourth-order valence-electron chi connectivity index (χ4n) is 2.44. The van der Waals surface area contributed by atoms with E-state index in [-0.39, 0.29) is 11.9 Å². The van der Waals surface area contributed by atoms with Crippen LogP contribution in [0.15, 0.2) is 34.9 Å². The third kappa shape index (κ3) is 1.91. The van der Waals surface area contributed by atoms with Gasteiger partial charge in [0.15, 0.2) is 11.4 Å².